The Hall–Kier alpha value is -1.09. The average molecular weight is 227 g/mol. The van der Waals surface area contributed by atoms with Crippen molar-refractivity contribution in [3.63, 3.8) is 0 Å². The molecule has 4 heteroatoms. The topological polar surface area (TPSA) is 17.8 Å². The molecule has 0 saturated heterocycles. The summed E-state index contributed by atoms with van der Waals surface area (Å²) in [5.74, 6) is 1.23. The maximum Gasteiger partial charge on any atom is 0.125 e. The standard InChI is InChI=1S/C11H12ClFN2/c1-2-15-10-7-8(13)3-4-9(10)14-11(15)5-6-12/h3-4,7H,2,5-6H2,1H3. The van der Waals surface area contributed by atoms with Crippen molar-refractivity contribution in [3.05, 3.63) is 29.8 Å². The zero-order valence-electron chi connectivity index (χ0n) is 8.50. The van der Waals surface area contributed by atoms with Crippen LogP contribution in [0.2, 0.25) is 0 Å². The van der Waals surface area contributed by atoms with Crippen LogP contribution in [-0.2, 0) is 13.0 Å². The lowest BCUT2D eigenvalue weighted by molar-refractivity contribution is 0.627. The Balaban J connectivity index is 2.63. The van der Waals surface area contributed by atoms with Crippen LogP contribution in [0, 0.1) is 5.82 Å². The van der Waals surface area contributed by atoms with E-state index in [0.29, 0.717) is 12.3 Å². The molecule has 1 aromatic heterocycles. The van der Waals surface area contributed by atoms with Crippen molar-refractivity contribution in [2.24, 2.45) is 0 Å². The Labute approximate surface area is 92.7 Å². The number of fused-ring (bicyclic) bond motifs is 1. The van der Waals surface area contributed by atoms with Crippen molar-refractivity contribution in [2.75, 3.05) is 5.88 Å². The van der Waals surface area contributed by atoms with Gasteiger partial charge in [-0.2, -0.15) is 0 Å². The highest BCUT2D eigenvalue weighted by Crippen LogP contribution is 2.18. The van der Waals surface area contributed by atoms with E-state index in [4.69, 9.17) is 11.6 Å². The molecule has 0 fully saturated rings. The van der Waals surface area contributed by atoms with Crippen LogP contribution in [-0.4, -0.2) is 15.4 Å². The van der Waals surface area contributed by atoms with E-state index in [0.717, 1.165) is 23.4 Å². The Morgan fingerprint density at radius 2 is 2.27 bits per heavy atom. The number of benzene rings is 1. The van der Waals surface area contributed by atoms with Gasteiger partial charge in [-0.05, 0) is 25.1 Å². The van der Waals surface area contributed by atoms with Gasteiger partial charge in [0, 0.05) is 18.8 Å². The van der Waals surface area contributed by atoms with Crippen molar-refractivity contribution in [1.29, 1.82) is 0 Å². The molecule has 0 aliphatic heterocycles. The molecule has 1 aromatic carbocycles. The van der Waals surface area contributed by atoms with Crippen molar-refractivity contribution in [1.82, 2.24) is 9.55 Å². The second-order valence-corrected chi connectivity index (χ2v) is 3.72. The van der Waals surface area contributed by atoms with Gasteiger partial charge < -0.3 is 4.57 Å². The van der Waals surface area contributed by atoms with Crippen LogP contribution in [0.15, 0.2) is 18.2 Å². The molecule has 0 saturated carbocycles. The van der Waals surface area contributed by atoms with Crippen LogP contribution < -0.4 is 0 Å². The third-order valence-corrected chi connectivity index (χ3v) is 2.61. The van der Waals surface area contributed by atoms with Gasteiger partial charge >= 0.3 is 0 Å². The van der Waals surface area contributed by atoms with Gasteiger partial charge in [-0.1, -0.05) is 0 Å². The minimum Gasteiger partial charge on any atom is -0.328 e. The molecule has 0 spiro atoms. The van der Waals surface area contributed by atoms with E-state index in [2.05, 4.69) is 4.98 Å². The minimum atomic E-state index is -0.227. The van der Waals surface area contributed by atoms with Crippen LogP contribution in [0.4, 0.5) is 4.39 Å². The summed E-state index contributed by atoms with van der Waals surface area (Å²) in [5.41, 5.74) is 1.68. The predicted octanol–water partition coefficient (Wildman–Crippen LogP) is 2.98. The lowest BCUT2D eigenvalue weighted by Gasteiger charge is -2.03. The van der Waals surface area contributed by atoms with Gasteiger partial charge in [0.15, 0.2) is 0 Å². The highest BCUT2D eigenvalue weighted by Gasteiger charge is 2.09. The number of imidazole rings is 1. The SMILES string of the molecule is CCn1c(CCCl)nc2ccc(F)cc21. The maximum atomic E-state index is 13.1. The lowest BCUT2D eigenvalue weighted by atomic mass is 10.3. The van der Waals surface area contributed by atoms with Crippen molar-refractivity contribution >= 4 is 22.6 Å². The molecule has 0 bridgehead atoms. The van der Waals surface area contributed by atoms with Crippen LogP contribution in [0.1, 0.15) is 12.7 Å². The Morgan fingerprint density at radius 3 is 2.93 bits per heavy atom. The second-order valence-electron chi connectivity index (χ2n) is 3.34. The molecule has 2 aromatic rings. The molecule has 1 heterocycles. The number of rotatable bonds is 3. The summed E-state index contributed by atoms with van der Waals surface area (Å²) in [7, 11) is 0. The van der Waals surface area contributed by atoms with E-state index in [1.807, 2.05) is 11.5 Å². The van der Waals surface area contributed by atoms with Gasteiger partial charge in [0.05, 0.1) is 11.0 Å². The fraction of sp³-hybridized carbons (Fsp3) is 0.364. The zero-order chi connectivity index (χ0) is 10.8. The highest BCUT2D eigenvalue weighted by atomic mass is 35.5. The highest BCUT2D eigenvalue weighted by molar-refractivity contribution is 6.17. The Kier molecular flexibility index (Phi) is 2.91. The summed E-state index contributed by atoms with van der Waals surface area (Å²) in [6.07, 6.45) is 0.714. The van der Waals surface area contributed by atoms with Gasteiger partial charge in [-0.25, -0.2) is 9.37 Å². The monoisotopic (exact) mass is 226 g/mol. The van der Waals surface area contributed by atoms with E-state index in [-0.39, 0.29) is 5.82 Å². The number of aromatic nitrogens is 2. The minimum absolute atomic E-state index is 0.227. The summed E-state index contributed by atoms with van der Waals surface area (Å²) in [6, 6.07) is 4.65. The molecule has 80 valence electrons. The van der Waals surface area contributed by atoms with E-state index in [1.54, 1.807) is 6.07 Å². The van der Waals surface area contributed by atoms with Crippen molar-refractivity contribution in [2.45, 2.75) is 19.9 Å². The molecule has 0 amide bonds. The van der Waals surface area contributed by atoms with Gasteiger partial charge in [0.2, 0.25) is 0 Å². The molecule has 0 radical (unpaired) electrons. The van der Waals surface area contributed by atoms with Gasteiger partial charge in [-0.15, -0.1) is 11.6 Å². The molecule has 0 aliphatic rings. The molecular formula is C11H12ClFN2. The first-order valence-corrected chi connectivity index (χ1v) is 5.50. The largest absolute Gasteiger partial charge is 0.328 e. The quantitative estimate of drug-likeness (QED) is 0.736. The third-order valence-electron chi connectivity index (χ3n) is 2.42. The summed E-state index contributed by atoms with van der Waals surface area (Å²) in [6.45, 7) is 2.80. The number of halogens is 2. The van der Waals surface area contributed by atoms with Crippen LogP contribution >= 0.6 is 11.6 Å². The second kappa shape index (κ2) is 4.19. The van der Waals surface area contributed by atoms with E-state index < -0.39 is 0 Å². The Morgan fingerprint density at radius 1 is 1.47 bits per heavy atom. The zero-order valence-corrected chi connectivity index (χ0v) is 9.26. The first kappa shape index (κ1) is 10.4. The van der Waals surface area contributed by atoms with Gasteiger partial charge in [-0.3, -0.25) is 0 Å². The number of hydrogen-bond acceptors (Lipinski definition) is 1. The normalized spacial score (nSPS) is 11.1. The third kappa shape index (κ3) is 1.84. The van der Waals surface area contributed by atoms with E-state index >= 15 is 0 Å². The maximum absolute atomic E-state index is 13.1. The number of nitrogens with zero attached hydrogens (tertiary/aromatic N) is 2. The van der Waals surface area contributed by atoms with Crippen LogP contribution in [0.3, 0.4) is 0 Å². The number of alkyl halides is 1. The van der Waals surface area contributed by atoms with Gasteiger partial charge in [0.25, 0.3) is 0 Å². The molecule has 0 aliphatic carbocycles. The van der Waals surface area contributed by atoms with Crippen LogP contribution in [0.5, 0.6) is 0 Å². The fourth-order valence-corrected chi connectivity index (χ4v) is 1.94. The molecular weight excluding hydrogens is 215 g/mol. The number of hydrogen-bond donors (Lipinski definition) is 0. The summed E-state index contributed by atoms with van der Waals surface area (Å²) in [5, 5.41) is 0. The molecule has 0 unspecified atom stereocenters. The van der Waals surface area contributed by atoms with Gasteiger partial charge in [0.1, 0.15) is 11.6 Å². The summed E-state index contributed by atoms with van der Waals surface area (Å²) >= 11 is 5.70. The molecule has 0 N–H and O–H groups in total. The molecule has 15 heavy (non-hydrogen) atoms. The lowest BCUT2D eigenvalue weighted by Crippen LogP contribution is -2.02. The fourth-order valence-electron chi connectivity index (χ4n) is 1.77. The smallest absolute Gasteiger partial charge is 0.125 e. The predicted molar refractivity (Wildman–Crippen MR) is 59.8 cm³/mol. The average Bonchev–Trinajstić information content (AvgIpc) is 2.55. The van der Waals surface area contributed by atoms with Crippen LogP contribution in [0.25, 0.3) is 11.0 Å². The molecule has 2 rings (SSSR count). The van der Waals surface area contributed by atoms with E-state index in [9.17, 15) is 4.39 Å². The first-order valence-electron chi connectivity index (χ1n) is 4.97. The molecule has 2 nitrogen and oxygen atoms in total. The summed E-state index contributed by atoms with van der Waals surface area (Å²) < 4.78 is 15.1. The summed E-state index contributed by atoms with van der Waals surface area (Å²) in [4.78, 5) is 4.43. The first-order chi connectivity index (χ1) is 7.26. The number of aryl methyl sites for hydroxylation is 2. The van der Waals surface area contributed by atoms with E-state index in [1.165, 1.54) is 12.1 Å². The van der Waals surface area contributed by atoms with Crippen molar-refractivity contribution in [3.8, 4) is 0 Å². The molecule has 0 atom stereocenters. The van der Waals surface area contributed by atoms with Crippen molar-refractivity contribution < 1.29 is 4.39 Å². The Bertz CT molecular complexity index is 479.